The van der Waals surface area contributed by atoms with Crippen molar-refractivity contribution < 1.29 is 9.84 Å². The maximum absolute atomic E-state index is 11.5. The number of H-pyrrole nitrogens is 1. The van der Waals surface area contributed by atoms with E-state index < -0.39 is 0 Å². The molecule has 0 aliphatic rings. The van der Waals surface area contributed by atoms with Crippen molar-refractivity contribution in [2.45, 2.75) is 19.3 Å². The van der Waals surface area contributed by atoms with E-state index in [1.165, 1.54) is 5.56 Å². The number of hydrogen-bond donors (Lipinski definition) is 3. The minimum atomic E-state index is -0.129. The highest BCUT2D eigenvalue weighted by molar-refractivity contribution is 7.99. The molecule has 0 unspecified atom stereocenters. The van der Waals surface area contributed by atoms with Gasteiger partial charge in [-0.15, -0.1) is 12.4 Å². The summed E-state index contributed by atoms with van der Waals surface area (Å²) in [5.41, 5.74) is 2.97. The number of fused-ring (bicyclic) bond motifs is 1. The van der Waals surface area contributed by atoms with E-state index in [2.05, 4.69) is 34.6 Å². The van der Waals surface area contributed by atoms with Crippen molar-refractivity contribution >= 4 is 45.7 Å². The molecule has 0 aliphatic heterocycles. The number of aromatic amines is 1. The van der Waals surface area contributed by atoms with Gasteiger partial charge in [-0.1, -0.05) is 47.7 Å². The van der Waals surface area contributed by atoms with Gasteiger partial charge in [0.25, 0.3) is 0 Å². The van der Waals surface area contributed by atoms with Gasteiger partial charge >= 0.3 is 4.87 Å². The summed E-state index contributed by atoms with van der Waals surface area (Å²) >= 11 is 3.10. The first-order chi connectivity index (χ1) is 14.2. The lowest BCUT2D eigenvalue weighted by molar-refractivity contribution is 0.138. The first kappa shape index (κ1) is 24.8. The normalized spacial score (nSPS) is 10.9. The van der Waals surface area contributed by atoms with Gasteiger partial charge in [0.2, 0.25) is 0 Å². The van der Waals surface area contributed by atoms with Crippen LogP contribution in [-0.4, -0.2) is 47.9 Å². The van der Waals surface area contributed by atoms with Crippen LogP contribution in [0.1, 0.15) is 17.5 Å². The summed E-state index contributed by atoms with van der Waals surface area (Å²) in [5, 5.41) is 13.3. The third-order valence-electron chi connectivity index (χ3n) is 4.59. The monoisotopic (exact) mass is 468 g/mol. The Labute approximate surface area is 191 Å². The van der Waals surface area contributed by atoms with Gasteiger partial charge in [0, 0.05) is 18.9 Å². The number of phenolic OH excluding ortho intramolecular Hbond substituents is 1. The van der Waals surface area contributed by atoms with Gasteiger partial charge in [-0.2, -0.15) is 11.8 Å². The van der Waals surface area contributed by atoms with Crippen LogP contribution in [0.3, 0.4) is 0 Å². The molecule has 164 valence electrons. The molecule has 0 spiro atoms. The number of thiazole rings is 1. The van der Waals surface area contributed by atoms with Gasteiger partial charge in [-0.05, 0) is 48.8 Å². The van der Waals surface area contributed by atoms with Gasteiger partial charge in [-0.3, -0.25) is 4.79 Å². The summed E-state index contributed by atoms with van der Waals surface area (Å²) in [7, 11) is 0. The second kappa shape index (κ2) is 13.7. The smallest absolute Gasteiger partial charge is 0.305 e. The minimum Gasteiger partial charge on any atom is -0.506 e. The van der Waals surface area contributed by atoms with Crippen molar-refractivity contribution in [1.82, 2.24) is 10.3 Å². The number of aromatic hydroxyl groups is 1. The van der Waals surface area contributed by atoms with Crippen LogP contribution < -0.4 is 10.2 Å². The van der Waals surface area contributed by atoms with Crippen LogP contribution in [0.2, 0.25) is 0 Å². The van der Waals surface area contributed by atoms with Crippen molar-refractivity contribution in [3.05, 3.63) is 63.3 Å². The fourth-order valence-electron chi connectivity index (χ4n) is 3.06. The lowest BCUT2D eigenvalue weighted by atomic mass is 10.1. The van der Waals surface area contributed by atoms with Crippen LogP contribution in [0.25, 0.3) is 10.2 Å². The highest BCUT2D eigenvalue weighted by Gasteiger charge is 2.09. The van der Waals surface area contributed by atoms with Crippen LogP contribution in [0, 0.1) is 0 Å². The quantitative estimate of drug-likeness (QED) is 0.327. The summed E-state index contributed by atoms with van der Waals surface area (Å²) in [6.45, 7) is 3.43. The second-order valence-corrected chi connectivity index (χ2v) is 8.98. The van der Waals surface area contributed by atoms with Crippen LogP contribution in [0.15, 0.2) is 47.3 Å². The van der Waals surface area contributed by atoms with Crippen LogP contribution in [0.4, 0.5) is 0 Å². The first-order valence-electron chi connectivity index (χ1n) is 9.98. The molecule has 3 N–H and O–H groups in total. The van der Waals surface area contributed by atoms with E-state index in [-0.39, 0.29) is 23.0 Å². The molecule has 1 aromatic heterocycles. The van der Waals surface area contributed by atoms with Crippen LogP contribution in [0.5, 0.6) is 5.75 Å². The highest BCUT2D eigenvalue weighted by atomic mass is 35.5. The number of phenols is 1. The molecule has 3 aromatic rings. The predicted octanol–water partition coefficient (Wildman–Crippen LogP) is 4.23. The van der Waals surface area contributed by atoms with Gasteiger partial charge in [0.15, 0.2) is 0 Å². The number of rotatable bonds is 13. The third-order valence-corrected chi connectivity index (χ3v) is 6.62. The SMILES string of the molecule is Cl.O=c1[nH]c2c(O)ccc(CCNCCSCCCOCCc3ccccc3)c2s1. The molecule has 3 rings (SSSR count). The third kappa shape index (κ3) is 7.96. The molecule has 1 heterocycles. The molecule has 0 saturated carbocycles. The molecule has 2 aromatic carbocycles. The average molecular weight is 469 g/mol. The van der Waals surface area contributed by atoms with Gasteiger partial charge in [-0.25, -0.2) is 0 Å². The van der Waals surface area contributed by atoms with Crippen LogP contribution >= 0.6 is 35.5 Å². The zero-order chi connectivity index (χ0) is 20.3. The average Bonchev–Trinajstić information content (AvgIpc) is 3.13. The number of benzene rings is 2. The van der Waals surface area contributed by atoms with Gasteiger partial charge in [0.1, 0.15) is 11.3 Å². The van der Waals surface area contributed by atoms with E-state index >= 15 is 0 Å². The number of nitrogens with one attached hydrogen (secondary N) is 2. The summed E-state index contributed by atoms with van der Waals surface area (Å²) in [6.07, 6.45) is 2.90. The largest absolute Gasteiger partial charge is 0.506 e. The summed E-state index contributed by atoms with van der Waals surface area (Å²) in [6, 6.07) is 14.0. The molecular weight excluding hydrogens is 440 g/mol. The zero-order valence-corrected chi connectivity index (χ0v) is 19.3. The topological polar surface area (TPSA) is 74.4 Å². The Bertz CT molecular complexity index is 931. The fraction of sp³-hybridized carbons (Fsp3) is 0.409. The lowest BCUT2D eigenvalue weighted by Crippen LogP contribution is -2.20. The van der Waals surface area contributed by atoms with Crippen molar-refractivity contribution in [3.8, 4) is 5.75 Å². The molecule has 5 nitrogen and oxygen atoms in total. The summed E-state index contributed by atoms with van der Waals surface area (Å²) < 4.78 is 6.57. The molecule has 0 atom stereocenters. The van der Waals surface area contributed by atoms with E-state index in [1.807, 2.05) is 23.9 Å². The molecule has 0 amide bonds. The predicted molar refractivity (Wildman–Crippen MR) is 131 cm³/mol. The maximum atomic E-state index is 11.5. The van der Waals surface area contributed by atoms with Crippen molar-refractivity contribution in [2.75, 3.05) is 37.8 Å². The molecule has 0 fully saturated rings. The molecular formula is C22H29ClN2O3S2. The Morgan fingerprint density at radius 1 is 1.03 bits per heavy atom. The Morgan fingerprint density at radius 2 is 1.87 bits per heavy atom. The second-order valence-electron chi connectivity index (χ2n) is 6.78. The summed E-state index contributed by atoms with van der Waals surface area (Å²) in [5.74, 6) is 2.32. The van der Waals surface area contributed by atoms with Gasteiger partial charge in [0.05, 0.1) is 11.3 Å². The Morgan fingerprint density at radius 3 is 2.70 bits per heavy atom. The Kier molecular flexibility index (Phi) is 11.3. The zero-order valence-electron chi connectivity index (χ0n) is 16.9. The van der Waals surface area contributed by atoms with E-state index in [0.717, 1.165) is 78.7 Å². The Balaban J connectivity index is 0.00000320. The minimum absolute atomic E-state index is 0. The number of ether oxygens (including phenoxy) is 1. The molecule has 0 saturated heterocycles. The van der Waals surface area contributed by atoms with E-state index in [1.54, 1.807) is 6.07 Å². The molecule has 30 heavy (non-hydrogen) atoms. The molecule has 8 heteroatoms. The van der Waals surface area contributed by atoms with E-state index in [0.29, 0.717) is 5.52 Å². The standard InChI is InChI=1S/C22H28N2O3S2.ClH/c25-19-8-7-18(21-20(19)24-22(26)29-21)9-11-23-12-16-28-15-4-13-27-14-10-17-5-2-1-3-6-17;/h1-3,5-8,23,25H,4,9-16H2,(H,24,26);1H. The number of halogens is 1. The summed E-state index contributed by atoms with van der Waals surface area (Å²) in [4.78, 5) is 14.1. The lowest BCUT2D eigenvalue weighted by Gasteiger charge is -2.07. The van der Waals surface area contributed by atoms with E-state index in [4.69, 9.17) is 4.74 Å². The molecule has 0 radical (unpaired) electrons. The Hall–Kier alpha value is -1.51. The molecule has 0 aliphatic carbocycles. The highest BCUT2D eigenvalue weighted by Crippen LogP contribution is 2.27. The maximum Gasteiger partial charge on any atom is 0.305 e. The number of aromatic nitrogens is 1. The van der Waals surface area contributed by atoms with E-state index in [9.17, 15) is 9.90 Å². The molecule has 0 bridgehead atoms. The van der Waals surface area contributed by atoms with Crippen molar-refractivity contribution in [1.29, 1.82) is 0 Å². The van der Waals surface area contributed by atoms with Crippen molar-refractivity contribution in [3.63, 3.8) is 0 Å². The van der Waals surface area contributed by atoms with Crippen LogP contribution in [-0.2, 0) is 17.6 Å². The van der Waals surface area contributed by atoms with Gasteiger partial charge < -0.3 is 20.1 Å². The fourth-order valence-corrected chi connectivity index (χ4v) is 4.78. The number of thioether (sulfide) groups is 1. The number of hydrogen-bond acceptors (Lipinski definition) is 6. The van der Waals surface area contributed by atoms with Crippen molar-refractivity contribution in [2.24, 2.45) is 0 Å². The first-order valence-corrected chi connectivity index (χ1v) is 11.9.